The van der Waals surface area contributed by atoms with Gasteiger partial charge in [0.05, 0.1) is 19.6 Å². The monoisotopic (exact) mass is 350 g/mol. The molecule has 1 atom stereocenters. The second-order valence-electron chi connectivity index (χ2n) is 5.77. The van der Waals surface area contributed by atoms with Crippen LogP contribution in [-0.4, -0.2) is 36.6 Å². The van der Waals surface area contributed by atoms with Crippen molar-refractivity contribution in [1.82, 2.24) is 10.9 Å². The molecular formula is C18H26N2O5. The summed E-state index contributed by atoms with van der Waals surface area (Å²) in [5.41, 5.74) is 4.24. The minimum atomic E-state index is -1.42. The van der Waals surface area contributed by atoms with Crippen molar-refractivity contribution in [2.45, 2.75) is 39.7 Å². The van der Waals surface area contributed by atoms with Crippen LogP contribution in [0.5, 0.6) is 0 Å². The molecule has 0 bridgehead atoms. The van der Waals surface area contributed by atoms with E-state index in [1.165, 1.54) is 0 Å². The largest absolute Gasteiger partial charge is 0.466 e. The highest BCUT2D eigenvalue weighted by atomic mass is 16.5. The summed E-state index contributed by atoms with van der Waals surface area (Å²) in [4.78, 5) is 36.8. The van der Waals surface area contributed by atoms with Gasteiger partial charge in [-0.3, -0.25) is 15.0 Å². The molecule has 25 heavy (non-hydrogen) atoms. The Balaban J connectivity index is 3.01. The normalized spacial score (nSPS) is 13.0. The summed E-state index contributed by atoms with van der Waals surface area (Å²) in [6.07, 6.45) is -0.258. The number of hydrogen-bond acceptors (Lipinski definition) is 6. The van der Waals surface area contributed by atoms with Crippen molar-refractivity contribution in [1.29, 1.82) is 0 Å². The third kappa shape index (κ3) is 5.56. The number of ether oxygens (including phenoxy) is 2. The molecule has 0 aliphatic rings. The lowest BCUT2D eigenvalue weighted by Crippen LogP contribution is -2.63. The van der Waals surface area contributed by atoms with Crippen molar-refractivity contribution in [3.63, 3.8) is 0 Å². The number of hydrogen-bond donors (Lipinski definition) is 2. The molecule has 138 valence electrons. The second-order valence-corrected chi connectivity index (χ2v) is 5.77. The van der Waals surface area contributed by atoms with Crippen molar-refractivity contribution < 1.29 is 23.9 Å². The fourth-order valence-corrected chi connectivity index (χ4v) is 2.28. The van der Waals surface area contributed by atoms with Crippen LogP contribution in [0, 0.1) is 5.92 Å². The van der Waals surface area contributed by atoms with Gasteiger partial charge in [0.15, 0.2) is 0 Å². The van der Waals surface area contributed by atoms with Crippen LogP contribution in [0.4, 0.5) is 0 Å². The van der Waals surface area contributed by atoms with Gasteiger partial charge in [-0.25, -0.2) is 10.2 Å². The molecule has 7 nitrogen and oxygen atoms in total. The van der Waals surface area contributed by atoms with E-state index >= 15 is 0 Å². The van der Waals surface area contributed by atoms with Crippen LogP contribution in [-0.2, 0) is 19.1 Å². The SMILES string of the molecule is CCOC(=O)C[C@](NNC(=O)c1ccccc1)(C(=O)OCC)C(C)C. The first-order chi connectivity index (χ1) is 11.9. The van der Waals surface area contributed by atoms with Crippen LogP contribution in [0.25, 0.3) is 0 Å². The van der Waals surface area contributed by atoms with E-state index in [1.54, 1.807) is 58.0 Å². The van der Waals surface area contributed by atoms with Crippen LogP contribution in [0.2, 0.25) is 0 Å². The van der Waals surface area contributed by atoms with Crippen molar-refractivity contribution in [3.8, 4) is 0 Å². The smallest absolute Gasteiger partial charge is 0.328 e. The number of carbonyl (C=O) groups is 3. The third-order valence-corrected chi connectivity index (χ3v) is 3.79. The number of carbonyl (C=O) groups excluding carboxylic acids is 3. The average molecular weight is 350 g/mol. The molecule has 0 spiro atoms. The maximum atomic E-state index is 12.6. The van der Waals surface area contributed by atoms with Gasteiger partial charge < -0.3 is 9.47 Å². The van der Waals surface area contributed by atoms with Gasteiger partial charge in [0.1, 0.15) is 5.54 Å². The topological polar surface area (TPSA) is 93.7 Å². The Morgan fingerprint density at radius 2 is 1.64 bits per heavy atom. The maximum Gasteiger partial charge on any atom is 0.328 e. The Bertz CT molecular complexity index is 588. The van der Waals surface area contributed by atoms with Gasteiger partial charge >= 0.3 is 11.9 Å². The summed E-state index contributed by atoms with van der Waals surface area (Å²) in [6, 6.07) is 8.54. The predicted octanol–water partition coefficient (Wildman–Crippen LogP) is 1.83. The molecule has 1 aromatic rings. The number of hydrazine groups is 1. The van der Waals surface area contributed by atoms with E-state index in [0.29, 0.717) is 5.56 Å². The molecule has 0 unspecified atom stereocenters. The van der Waals surface area contributed by atoms with E-state index in [0.717, 1.165) is 0 Å². The lowest BCUT2D eigenvalue weighted by atomic mass is 9.83. The van der Waals surface area contributed by atoms with Crippen LogP contribution in [0.1, 0.15) is 44.5 Å². The molecule has 0 aliphatic carbocycles. The Hall–Kier alpha value is -2.41. The lowest BCUT2D eigenvalue weighted by Gasteiger charge is -2.35. The summed E-state index contributed by atoms with van der Waals surface area (Å²) in [5.74, 6) is -1.93. The van der Waals surface area contributed by atoms with E-state index in [2.05, 4.69) is 10.9 Å². The van der Waals surface area contributed by atoms with Crippen LogP contribution < -0.4 is 10.9 Å². The molecule has 1 aromatic carbocycles. The number of amides is 1. The molecule has 1 rings (SSSR count). The van der Waals surface area contributed by atoms with Gasteiger partial charge in [-0.15, -0.1) is 0 Å². The number of esters is 2. The van der Waals surface area contributed by atoms with Gasteiger partial charge in [-0.1, -0.05) is 32.0 Å². The minimum Gasteiger partial charge on any atom is -0.466 e. The average Bonchev–Trinajstić information content (AvgIpc) is 2.59. The standard InChI is InChI=1S/C18H26N2O5/c1-5-24-15(21)12-18(13(3)4,17(23)25-6-2)20-19-16(22)14-10-8-7-9-11-14/h7-11,13,20H,5-6,12H2,1-4H3,(H,19,22)/t18-/m1/s1. The van der Waals surface area contributed by atoms with E-state index in [9.17, 15) is 14.4 Å². The molecule has 0 radical (unpaired) electrons. The lowest BCUT2D eigenvalue weighted by molar-refractivity contribution is -0.160. The summed E-state index contributed by atoms with van der Waals surface area (Å²) in [5, 5.41) is 0. The van der Waals surface area contributed by atoms with Crippen molar-refractivity contribution in [2.24, 2.45) is 5.92 Å². The Labute approximate surface area is 148 Å². The van der Waals surface area contributed by atoms with E-state index in [4.69, 9.17) is 9.47 Å². The fourth-order valence-electron chi connectivity index (χ4n) is 2.28. The highest BCUT2D eigenvalue weighted by Gasteiger charge is 2.46. The van der Waals surface area contributed by atoms with Crippen molar-refractivity contribution >= 4 is 17.8 Å². The molecule has 0 aliphatic heterocycles. The Morgan fingerprint density at radius 3 is 2.16 bits per heavy atom. The van der Waals surface area contributed by atoms with Gasteiger partial charge in [-0.2, -0.15) is 0 Å². The molecule has 0 saturated heterocycles. The Morgan fingerprint density at radius 1 is 1.04 bits per heavy atom. The summed E-state index contributed by atoms with van der Waals surface area (Å²) in [7, 11) is 0. The van der Waals surface area contributed by atoms with E-state index in [-0.39, 0.29) is 25.6 Å². The van der Waals surface area contributed by atoms with Crippen LogP contribution in [0.3, 0.4) is 0 Å². The van der Waals surface area contributed by atoms with Gasteiger partial charge in [0, 0.05) is 5.56 Å². The fraction of sp³-hybridized carbons (Fsp3) is 0.500. The first-order valence-electron chi connectivity index (χ1n) is 8.32. The van der Waals surface area contributed by atoms with Gasteiger partial charge in [0.25, 0.3) is 5.91 Å². The first kappa shape index (κ1) is 20.6. The number of nitrogens with one attached hydrogen (secondary N) is 2. The summed E-state index contributed by atoms with van der Waals surface area (Å²) < 4.78 is 10.1. The predicted molar refractivity (Wildman–Crippen MR) is 92.5 cm³/mol. The quantitative estimate of drug-likeness (QED) is 0.521. The number of rotatable bonds is 9. The minimum absolute atomic E-state index is 0.157. The third-order valence-electron chi connectivity index (χ3n) is 3.79. The maximum absolute atomic E-state index is 12.6. The molecular weight excluding hydrogens is 324 g/mol. The zero-order valence-electron chi connectivity index (χ0n) is 15.1. The van der Waals surface area contributed by atoms with Gasteiger partial charge in [0.2, 0.25) is 0 Å². The molecule has 0 saturated carbocycles. The highest BCUT2D eigenvalue weighted by Crippen LogP contribution is 2.24. The number of benzene rings is 1. The zero-order chi connectivity index (χ0) is 18.9. The molecule has 7 heteroatoms. The zero-order valence-corrected chi connectivity index (χ0v) is 15.1. The molecule has 1 amide bonds. The van der Waals surface area contributed by atoms with Gasteiger partial charge in [-0.05, 0) is 31.9 Å². The van der Waals surface area contributed by atoms with Crippen LogP contribution in [0.15, 0.2) is 30.3 Å². The molecule has 2 N–H and O–H groups in total. The highest BCUT2D eigenvalue weighted by molar-refractivity contribution is 5.94. The first-order valence-corrected chi connectivity index (χ1v) is 8.32. The van der Waals surface area contributed by atoms with Crippen LogP contribution >= 0.6 is 0 Å². The summed E-state index contributed by atoms with van der Waals surface area (Å²) >= 11 is 0. The Kier molecular flexibility index (Phi) is 8.07. The molecule has 0 fully saturated rings. The van der Waals surface area contributed by atoms with E-state index < -0.39 is 23.4 Å². The molecule has 0 aromatic heterocycles. The van der Waals surface area contributed by atoms with E-state index in [1.807, 2.05) is 0 Å². The van der Waals surface area contributed by atoms with Crippen molar-refractivity contribution in [2.75, 3.05) is 13.2 Å². The second kappa shape index (κ2) is 9.78. The van der Waals surface area contributed by atoms with Crippen molar-refractivity contribution in [3.05, 3.63) is 35.9 Å². The summed E-state index contributed by atoms with van der Waals surface area (Å²) in [6.45, 7) is 7.24. The molecule has 0 heterocycles.